The molecular weight excluding hydrogens is 335 g/mol. The molecule has 0 aliphatic heterocycles. The number of benzene rings is 1. The number of hydrogen-bond donors (Lipinski definition) is 1. The summed E-state index contributed by atoms with van der Waals surface area (Å²) in [5.74, 6) is -0.449. The molecule has 0 atom stereocenters. The van der Waals surface area contributed by atoms with Gasteiger partial charge in [0.05, 0.1) is 10.7 Å². The largest absolute Gasteiger partial charge is 0.348 e. The fourth-order valence-corrected chi connectivity index (χ4v) is 2.74. The summed E-state index contributed by atoms with van der Waals surface area (Å²) in [6.07, 6.45) is 0. The Labute approximate surface area is 146 Å². The molecule has 124 valence electrons. The quantitative estimate of drug-likeness (QED) is 0.836. The molecule has 1 aromatic carbocycles. The predicted octanol–water partition coefficient (Wildman–Crippen LogP) is 4.14. The molecule has 23 heavy (non-hydrogen) atoms. The van der Waals surface area contributed by atoms with Crippen molar-refractivity contribution in [1.29, 1.82) is 0 Å². The molecule has 7 heteroatoms. The van der Waals surface area contributed by atoms with Crippen LogP contribution in [0, 0.1) is 19.7 Å². The highest BCUT2D eigenvalue weighted by Crippen LogP contribution is 2.20. The van der Waals surface area contributed by atoms with Gasteiger partial charge in [-0.15, -0.1) is 0 Å². The van der Waals surface area contributed by atoms with Gasteiger partial charge in [0.2, 0.25) is 0 Å². The normalized spacial score (nSPS) is 10.7. The third kappa shape index (κ3) is 4.00. The van der Waals surface area contributed by atoms with Crippen LogP contribution in [-0.2, 0) is 13.1 Å². The maximum atomic E-state index is 13.2. The molecule has 2 aromatic rings. The summed E-state index contributed by atoms with van der Waals surface area (Å²) < 4.78 is 15.2. The Bertz CT molecular complexity index is 729. The molecule has 0 saturated carbocycles. The van der Waals surface area contributed by atoms with Gasteiger partial charge in [-0.2, -0.15) is 5.10 Å². The SMILES string of the molecule is CCn1nc(C)c(CN(C)C(=S)Nc2ccc(F)c(Cl)c2)c1C. The second kappa shape index (κ2) is 7.27. The Morgan fingerprint density at radius 2 is 2.13 bits per heavy atom. The summed E-state index contributed by atoms with van der Waals surface area (Å²) in [5, 5.41) is 8.19. The number of halogens is 2. The average molecular weight is 355 g/mol. The molecule has 0 fully saturated rings. The van der Waals surface area contributed by atoms with Crippen LogP contribution in [0.2, 0.25) is 5.02 Å². The number of hydrogen-bond acceptors (Lipinski definition) is 2. The van der Waals surface area contributed by atoms with Crippen LogP contribution in [0.4, 0.5) is 10.1 Å². The lowest BCUT2D eigenvalue weighted by atomic mass is 10.2. The van der Waals surface area contributed by atoms with Gasteiger partial charge in [0.1, 0.15) is 5.82 Å². The Morgan fingerprint density at radius 1 is 1.43 bits per heavy atom. The third-order valence-corrected chi connectivity index (χ3v) is 4.45. The van der Waals surface area contributed by atoms with Crippen LogP contribution in [0.1, 0.15) is 23.9 Å². The Morgan fingerprint density at radius 3 is 2.70 bits per heavy atom. The zero-order valence-corrected chi connectivity index (χ0v) is 15.2. The molecule has 0 saturated heterocycles. The van der Waals surface area contributed by atoms with Gasteiger partial charge in [0.15, 0.2) is 5.11 Å². The average Bonchev–Trinajstić information content (AvgIpc) is 2.78. The van der Waals surface area contributed by atoms with E-state index in [1.807, 2.05) is 23.6 Å². The Hall–Kier alpha value is -1.66. The highest BCUT2D eigenvalue weighted by molar-refractivity contribution is 7.80. The van der Waals surface area contributed by atoms with Crippen molar-refractivity contribution in [2.24, 2.45) is 0 Å². The van der Waals surface area contributed by atoms with Crippen LogP contribution in [0.15, 0.2) is 18.2 Å². The van der Waals surface area contributed by atoms with E-state index in [-0.39, 0.29) is 5.02 Å². The highest BCUT2D eigenvalue weighted by Gasteiger charge is 2.14. The molecule has 0 radical (unpaired) electrons. The molecule has 4 nitrogen and oxygen atoms in total. The van der Waals surface area contributed by atoms with Crippen molar-refractivity contribution in [3.05, 3.63) is 46.0 Å². The number of anilines is 1. The van der Waals surface area contributed by atoms with Gasteiger partial charge >= 0.3 is 0 Å². The van der Waals surface area contributed by atoms with Crippen LogP contribution in [-0.4, -0.2) is 26.8 Å². The number of nitrogens with one attached hydrogen (secondary N) is 1. The first-order valence-corrected chi connectivity index (χ1v) is 8.12. The molecule has 1 N–H and O–H groups in total. The zero-order valence-electron chi connectivity index (χ0n) is 13.7. The predicted molar refractivity (Wildman–Crippen MR) is 96.5 cm³/mol. The molecular formula is C16H20ClFN4S. The van der Waals surface area contributed by atoms with E-state index in [1.54, 1.807) is 6.07 Å². The Kier molecular flexibility index (Phi) is 5.59. The van der Waals surface area contributed by atoms with Crippen molar-refractivity contribution >= 4 is 34.6 Å². The number of thiocarbonyl (C=S) groups is 1. The smallest absolute Gasteiger partial charge is 0.173 e. The van der Waals surface area contributed by atoms with Gasteiger partial charge in [-0.1, -0.05) is 11.6 Å². The van der Waals surface area contributed by atoms with Gasteiger partial charge < -0.3 is 10.2 Å². The number of nitrogens with zero attached hydrogens (tertiary/aromatic N) is 3. The molecule has 0 unspecified atom stereocenters. The number of aryl methyl sites for hydroxylation is 2. The molecule has 2 rings (SSSR count). The van der Waals surface area contributed by atoms with Crippen molar-refractivity contribution < 1.29 is 4.39 Å². The number of rotatable bonds is 4. The van der Waals surface area contributed by atoms with E-state index in [4.69, 9.17) is 23.8 Å². The van der Waals surface area contributed by atoms with E-state index < -0.39 is 5.82 Å². The zero-order chi connectivity index (χ0) is 17.1. The topological polar surface area (TPSA) is 33.1 Å². The van der Waals surface area contributed by atoms with Crippen molar-refractivity contribution in [2.45, 2.75) is 33.9 Å². The van der Waals surface area contributed by atoms with E-state index in [0.717, 1.165) is 23.5 Å². The van der Waals surface area contributed by atoms with Crippen LogP contribution < -0.4 is 5.32 Å². The monoisotopic (exact) mass is 354 g/mol. The van der Waals surface area contributed by atoms with Crippen molar-refractivity contribution in [1.82, 2.24) is 14.7 Å². The minimum Gasteiger partial charge on any atom is -0.348 e. The maximum absolute atomic E-state index is 13.2. The van der Waals surface area contributed by atoms with Crippen LogP contribution >= 0.6 is 23.8 Å². The lowest BCUT2D eigenvalue weighted by molar-refractivity contribution is 0.504. The van der Waals surface area contributed by atoms with Crippen LogP contribution in [0.5, 0.6) is 0 Å². The van der Waals surface area contributed by atoms with E-state index in [0.29, 0.717) is 17.3 Å². The maximum Gasteiger partial charge on any atom is 0.173 e. The highest BCUT2D eigenvalue weighted by atomic mass is 35.5. The lowest BCUT2D eigenvalue weighted by Crippen LogP contribution is -2.31. The summed E-state index contributed by atoms with van der Waals surface area (Å²) in [6.45, 7) is 7.62. The first-order chi connectivity index (χ1) is 10.8. The molecule has 1 heterocycles. The lowest BCUT2D eigenvalue weighted by Gasteiger charge is -2.21. The third-order valence-electron chi connectivity index (χ3n) is 3.74. The minimum absolute atomic E-state index is 0.0661. The summed E-state index contributed by atoms with van der Waals surface area (Å²) in [6, 6.07) is 4.43. The van der Waals surface area contributed by atoms with Gasteiger partial charge in [0, 0.05) is 37.1 Å². The van der Waals surface area contributed by atoms with Gasteiger partial charge in [-0.3, -0.25) is 4.68 Å². The summed E-state index contributed by atoms with van der Waals surface area (Å²) in [4.78, 5) is 1.92. The van der Waals surface area contributed by atoms with E-state index in [9.17, 15) is 4.39 Å². The summed E-state index contributed by atoms with van der Waals surface area (Å²) >= 11 is 11.2. The molecule has 0 bridgehead atoms. The molecule has 1 aromatic heterocycles. The van der Waals surface area contributed by atoms with E-state index in [2.05, 4.69) is 24.3 Å². The first-order valence-electron chi connectivity index (χ1n) is 7.33. The van der Waals surface area contributed by atoms with E-state index >= 15 is 0 Å². The van der Waals surface area contributed by atoms with Gasteiger partial charge in [-0.05, 0) is 51.2 Å². The number of aromatic nitrogens is 2. The first kappa shape index (κ1) is 17.7. The van der Waals surface area contributed by atoms with Crippen LogP contribution in [0.25, 0.3) is 0 Å². The molecule has 0 spiro atoms. The molecule has 0 aliphatic rings. The summed E-state index contributed by atoms with van der Waals surface area (Å²) in [5.41, 5.74) is 3.97. The molecule has 0 aliphatic carbocycles. The standard InChI is InChI=1S/C16H20ClFN4S/c1-5-22-11(3)13(10(2)20-22)9-21(4)16(23)19-12-6-7-15(18)14(17)8-12/h6-8H,5,9H2,1-4H3,(H,19,23). The Balaban J connectivity index is 2.08. The summed E-state index contributed by atoms with van der Waals surface area (Å²) in [7, 11) is 1.91. The van der Waals surface area contributed by atoms with Crippen molar-refractivity contribution in [3.8, 4) is 0 Å². The van der Waals surface area contributed by atoms with E-state index in [1.165, 1.54) is 12.1 Å². The second-order valence-electron chi connectivity index (χ2n) is 5.38. The van der Waals surface area contributed by atoms with Crippen molar-refractivity contribution in [3.63, 3.8) is 0 Å². The van der Waals surface area contributed by atoms with Crippen LogP contribution in [0.3, 0.4) is 0 Å². The van der Waals surface area contributed by atoms with Gasteiger partial charge in [0.25, 0.3) is 0 Å². The fourth-order valence-electron chi connectivity index (χ4n) is 2.37. The minimum atomic E-state index is -0.449. The second-order valence-corrected chi connectivity index (χ2v) is 6.17. The van der Waals surface area contributed by atoms with Gasteiger partial charge in [-0.25, -0.2) is 4.39 Å². The van der Waals surface area contributed by atoms with Crippen molar-refractivity contribution in [2.75, 3.05) is 12.4 Å². The fraction of sp³-hybridized carbons (Fsp3) is 0.375. The molecule has 0 amide bonds.